The molecule has 1 fully saturated rings. The summed E-state index contributed by atoms with van der Waals surface area (Å²) in [5.41, 5.74) is 3.49. The van der Waals surface area contributed by atoms with Crippen LogP contribution in [0.25, 0.3) is 44.9 Å². The summed E-state index contributed by atoms with van der Waals surface area (Å²) in [6, 6.07) is 23.9. The summed E-state index contributed by atoms with van der Waals surface area (Å²) in [6.07, 6.45) is 1.09. The number of esters is 1. The van der Waals surface area contributed by atoms with E-state index in [-0.39, 0.29) is 53.6 Å². The number of hydrogen-bond acceptors (Lipinski definition) is 14. The van der Waals surface area contributed by atoms with Crippen LogP contribution in [0.5, 0.6) is 28.9 Å². The average molecular weight is 936 g/mol. The first-order valence-electron chi connectivity index (χ1n) is 21.4. The summed E-state index contributed by atoms with van der Waals surface area (Å²) in [6.45, 7) is 5.94. The van der Waals surface area contributed by atoms with Gasteiger partial charge < -0.3 is 37.7 Å². The van der Waals surface area contributed by atoms with E-state index in [2.05, 4.69) is 31.8 Å². The van der Waals surface area contributed by atoms with Crippen LogP contribution in [0.2, 0.25) is 10.0 Å². The zero-order valence-corrected chi connectivity index (χ0v) is 37.9. The van der Waals surface area contributed by atoms with Gasteiger partial charge >= 0.3 is 5.97 Å². The lowest BCUT2D eigenvalue weighted by atomic mass is 9.99. The summed E-state index contributed by atoms with van der Waals surface area (Å²) in [4.78, 5) is 36.9. The Kier molecular flexibility index (Phi) is 13.5. The van der Waals surface area contributed by atoms with E-state index in [0.717, 1.165) is 31.7 Å². The number of halogens is 3. The molecule has 0 radical (unpaired) electrons. The molecule has 0 N–H and O–H groups in total. The number of aromatic nitrogens is 4. The number of benzene rings is 4. The first kappa shape index (κ1) is 44.7. The van der Waals surface area contributed by atoms with Crippen molar-refractivity contribution in [3.8, 4) is 62.7 Å². The molecular formula is C49H45Cl2FN6O8. The van der Waals surface area contributed by atoms with Crippen LogP contribution in [0.4, 0.5) is 4.39 Å². The molecule has 3 aliphatic rings. The largest absolute Gasteiger partial charge is 0.496 e. The Morgan fingerprint density at radius 1 is 0.894 bits per heavy atom. The maximum absolute atomic E-state index is 14.3. The minimum Gasteiger partial charge on any atom is -0.496 e. The maximum Gasteiger partial charge on any atom is 0.347 e. The van der Waals surface area contributed by atoms with E-state index in [1.54, 1.807) is 68.8 Å². The third-order valence-electron chi connectivity index (χ3n) is 11.3. The summed E-state index contributed by atoms with van der Waals surface area (Å²) in [7, 11) is 3.70. The van der Waals surface area contributed by atoms with Gasteiger partial charge in [-0.3, -0.25) is 4.90 Å². The molecule has 4 aromatic carbocycles. The molecule has 10 rings (SSSR count). The van der Waals surface area contributed by atoms with E-state index in [4.69, 9.17) is 61.0 Å². The van der Waals surface area contributed by atoms with Crippen molar-refractivity contribution in [2.75, 3.05) is 60.1 Å². The second-order valence-electron chi connectivity index (χ2n) is 15.8. The highest BCUT2D eigenvalue weighted by atomic mass is 35.5. The van der Waals surface area contributed by atoms with Gasteiger partial charge in [-0.1, -0.05) is 35.3 Å². The average Bonchev–Trinajstić information content (AvgIpc) is 3.72. The van der Waals surface area contributed by atoms with Crippen LogP contribution >= 0.6 is 23.2 Å². The van der Waals surface area contributed by atoms with Gasteiger partial charge in [0, 0.05) is 62.0 Å². The third-order valence-corrected chi connectivity index (χ3v) is 11.9. The van der Waals surface area contributed by atoms with Crippen molar-refractivity contribution in [2.45, 2.75) is 32.2 Å². The van der Waals surface area contributed by atoms with Crippen molar-refractivity contribution in [1.82, 2.24) is 29.7 Å². The first-order chi connectivity index (χ1) is 32.1. The lowest BCUT2D eigenvalue weighted by molar-refractivity contribution is -0.151. The molecule has 3 aromatic heterocycles. The van der Waals surface area contributed by atoms with Gasteiger partial charge in [0.1, 0.15) is 59.9 Å². The number of ether oxygens (including phenoxy) is 6. The second-order valence-corrected chi connectivity index (χ2v) is 16.6. The summed E-state index contributed by atoms with van der Waals surface area (Å²) in [5, 5.41) is 0.749. The van der Waals surface area contributed by atoms with Gasteiger partial charge in [-0.25, -0.2) is 29.1 Å². The molecule has 66 heavy (non-hydrogen) atoms. The standard InChI is InChI=1S/C49H45Cl2FN6O8/c1-4-61-49(59)41-24-30-21-34(13-14-39(30)63-26-33-15-16-53-46(56-33)36-7-5-6-8-40(36)60-3)62-27-35(25-58-19-17-57(2)18-20-58)64-45-37(50)22-31(23-38(45)51)42-43-47(65-41)54-28-55-48(43)66-44(42)29-9-11-32(52)12-10-29/h5-16,21-23,28,35,41H,4,17-20,24-27H2,1-3H3/t35-,41-/m1/s1. The monoisotopic (exact) mass is 934 g/mol. The van der Waals surface area contributed by atoms with Crippen LogP contribution in [-0.4, -0.2) is 108 Å². The lowest BCUT2D eigenvalue weighted by Gasteiger charge is -2.34. The van der Waals surface area contributed by atoms with Crippen molar-refractivity contribution < 1.29 is 42.0 Å². The van der Waals surface area contributed by atoms with E-state index < -0.39 is 24.0 Å². The molecule has 0 unspecified atom stereocenters. The first-order valence-corrected chi connectivity index (χ1v) is 22.2. The number of likely N-dealkylation sites (N-methyl/N-ethyl adjacent to an activating group) is 1. The predicted molar refractivity (Wildman–Crippen MR) is 246 cm³/mol. The fraction of sp³-hybridized carbons (Fsp3) is 0.286. The molecule has 7 aromatic rings. The number of para-hydroxylation sites is 1. The van der Waals surface area contributed by atoms with Gasteiger partial charge in [0.2, 0.25) is 17.7 Å². The summed E-state index contributed by atoms with van der Waals surface area (Å²) < 4.78 is 58.2. The van der Waals surface area contributed by atoms with E-state index in [1.165, 1.54) is 18.5 Å². The molecule has 0 aliphatic carbocycles. The number of hydrogen-bond donors (Lipinski definition) is 0. The topological polar surface area (TPSA) is 144 Å². The molecule has 17 heteroatoms. The van der Waals surface area contributed by atoms with E-state index in [1.807, 2.05) is 24.3 Å². The zero-order chi connectivity index (χ0) is 45.7. The number of rotatable bonds is 10. The molecule has 340 valence electrons. The maximum atomic E-state index is 14.3. The van der Waals surface area contributed by atoms with Crippen molar-refractivity contribution in [1.29, 1.82) is 0 Å². The van der Waals surface area contributed by atoms with Crippen LogP contribution in [0.1, 0.15) is 18.2 Å². The SMILES string of the molecule is CCOC(=O)[C@H]1Cc2cc(ccc2OCc2ccnc(-c3ccccc3OC)n2)OC[C@@H](CN2CCN(C)CC2)Oc2c(Cl)cc(cc2Cl)-c2c(-c3ccc(F)cc3)oc3ncnc(c23)O1. The molecular weight excluding hydrogens is 890 g/mol. The lowest BCUT2D eigenvalue weighted by Crippen LogP contribution is -2.49. The number of furan rings is 1. The van der Waals surface area contributed by atoms with Gasteiger partial charge in [0.15, 0.2) is 11.6 Å². The van der Waals surface area contributed by atoms with Crippen molar-refractivity contribution in [3.05, 3.63) is 125 Å². The fourth-order valence-corrected chi connectivity index (χ4v) is 8.54. The highest BCUT2D eigenvalue weighted by Gasteiger charge is 2.31. The zero-order valence-electron chi connectivity index (χ0n) is 36.3. The molecule has 4 bridgehead atoms. The number of piperazine rings is 1. The van der Waals surface area contributed by atoms with Crippen molar-refractivity contribution in [3.63, 3.8) is 0 Å². The number of carbonyl (C=O) groups is 1. The van der Waals surface area contributed by atoms with E-state index >= 15 is 0 Å². The van der Waals surface area contributed by atoms with Gasteiger partial charge in [-0.15, -0.1) is 0 Å². The summed E-state index contributed by atoms with van der Waals surface area (Å²) >= 11 is 14.2. The molecule has 0 saturated carbocycles. The van der Waals surface area contributed by atoms with Crippen molar-refractivity contribution in [2.24, 2.45) is 0 Å². The Balaban J connectivity index is 1.15. The van der Waals surface area contributed by atoms with Crippen LogP contribution in [-0.2, 0) is 22.6 Å². The van der Waals surface area contributed by atoms with Crippen LogP contribution < -0.4 is 23.7 Å². The second kappa shape index (κ2) is 19.9. The Morgan fingerprint density at radius 3 is 2.45 bits per heavy atom. The molecule has 1 saturated heterocycles. The highest BCUT2D eigenvalue weighted by Crippen LogP contribution is 2.47. The molecule has 3 aliphatic heterocycles. The normalized spacial score (nSPS) is 16.8. The Labute approximate surface area is 390 Å². The number of nitrogens with zero attached hydrogens (tertiary/aromatic N) is 6. The predicted octanol–water partition coefficient (Wildman–Crippen LogP) is 8.99. The highest BCUT2D eigenvalue weighted by molar-refractivity contribution is 6.37. The summed E-state index contributed by atoms with van der Waals surface area (Å²) in [5.74, 6) is 1.52. The van der Waals surface area contributed by atoms with E-state index in [9.17, 15) is 9.18 Å². The minimum atomic E-state index is -1.27. The van der Waals surface area contributed by atoms with Crippen LogP contribution in [0, 0.1) is 5.82 Å². The van der Waals surface area contributed by atoms with Gasteiger partial charge in [-0.05, 0) is 92.3 Å². The van der Waals surface area contributed by atoms with Crippen molar-refractivity contribution >= 4 is 40.3 Å². The minimum absolute atomic E-state index is 0.00835. The Hall–Kier alpha value is -6.52. The molecule has 0 spiro atoms. The molecule has 2 atom stereocenters. The van der Waals surface area contributed by atoms with Crippen LogP contribution in [0.15, 0.2) is 102 Å². The number of carbonyl (C=O) groups excluding carboxylic acids is 1. The van der Waals surface area contributed by atoms with Gasteiger partial charge in [-0.2, -0.15) is 0 Å². The third kappa shape index (κ3) is 9.84. The van der Waals surface area contributed by atoms with Gasteiger partial charge in [0.25, 0.3) is 0 Å². The van der Waals surface area contributed by atoms with E-state index in [0.29, 0.717) is 68.7 Å². The van der Waals surface area contributed by atoms with Gasteiger partial charge in [0.05, 0.1) is 35.0 Å². The molecule has 6 heterocycles. The number of methoxy groups -OCH3 is 1. The number of fused-ring (bicyclic) bond motifs is 7. The fourth-order valence-electron chi connectivity index (χ4n) is 7.97. The van der Waals surface area contributed by atoms with Crippen LogP contribution in [0.3, 0.4) is 0 Å². The Morgan fingerprint density at radius 2 is 1.68 bits per heavy atom. The quantitative estimate of drug-likeness (QED) is 0.120. The molecule has 14 nitrogen and oxygen atoms in total. The smallest absolute Gasteiger partial charge is 0.347 e. The molecule has 0 amide bonds. The Bertz CT molecular complexity index is 2840.